The normalized spacial score (nSPS) is 13.0. The van der Waals surface area contributed by atoms with Crippen LogP contribution in [0.4, 0.5) is 0 Å². The Hall–Kier alpha value is -0.790. The van der Waals surface area contributed by atoms with E-state index in [1.807, 2.05) is 0 Å². The highest BCUT2D eigenvalue weighted by Gasteiger charge is 1.93. The number of hydrogen-bond donors (Lipinski definition) is 0. The van der Waals surface area contributed by atoms with Crippen molar-refractivity contribution in [3.63, 3.8) is 0 Å². The Labute approximate surface area is 93.7 Å². The summed E-state index contributed by atoms with van der Waals surface area (Å²) in [6, 6.07) is 0. The Balaban J connectivity index is 3.18. The van der Waals surface area contributed by atoms with Gasteiger partial charge in [0.05, 0.1) is 6.61 Å². The molecule has 0 aromatic rings. The lowest BCUT2D eigenvalue weighted by molar-refractivity contribution is -0.141. The smallest absolute Gasteiger partial charge is 0.302 e. The molecule has 0 N–H and O–H groups in total. The van der Waals surface area contributed by atoms with Crippen molar-refractivity contribution in [1.82, 2.24) is 0 Å². The van der Waals surface area contributed by atoms with Gasteiger partial charge in [-0.1, -0.05) is 32.4 Å². The highest BCUT2D eigenvalue weighted by atomic mass is 16.5. The van der Waals surface area contributed by atoms with Crippen LogP contribution in [0.1, 0.15) is 52.9 Å². The molecule has 88 valence electrons. The first-order valence-electron chi connectivity index (χ1n) is 5.96. The van der Waals surface area contributed by atoms with E-state index in [-0.39, 0.29) is 5.97 Å². The molecule has 0 saturated carbocycles. The lowest BCUT2D eigenvalue weighted by Gasteiger charge is -2.01. The number of carbonyl (C=O) groups excluding carboxylic acids is 1. The van der Waals surface area contributed by atoms with Crippen LogP contribution in [0.25, 0.3) is 0 Å². The van der Waals surface area contributed by atoms with E-state index in [1.165, 1.54) is 19.8 Å². The first kappa shape index (κ1) is 14.2. The third-order valence-corrected chi connectivity index (χ3v) is 2.43. The average molecular weight is 212 g/mol. The summed E-state index contributed by atoms with van der Waals surface area (Å²) in [5, 5.41) is 0. The molecule has 0 aromatic carbocycles. The van der Waals surface area contributed by atoms with Gasteiger partial charge in [-0.15, -0.1) is 0 Å². The SMILES string of the molecule is CC[C@@H](C)/C=C\CCCCCOC(C)=O. The second kappa shape index (κ2) is 9.75. The van der Waals surface area contributed by atoms with E-state index in [2.05, 4.69) is 26.0 Å². The monoisotopic (exact) mass is 212 g/mol. The number of allylic oxidation sites excluding steroid dienone is 2. The van der Waals surface area contributed by atoms with E-state index in [9.17, 15) is 4.79 Å². The van der Waals surface area contributed by atoms with Crippen molar-refractivity contribution in [2.45, 2.75) is 52.9 Å². The van der Waals surface area contributed by atoms with Crippen LogP contribution >= 0.6 is 0 Å². The molecule has 0 rings (SSSR count). The minimum absolute atomic E-state index is 0.174. The van der Waals surface area contributed by atoms with Gasteiger partial charge < -0.3 is 4.74 Å². The summed E-state index contributed by atoms with van der Waals surface area (Å²) in [4.78, 5) is 10.5. The van der Waals surface area contributed by atoms with Crippen LogP contribution < -0.4 is 0 Å². The zero-order valence-electron chi connectivity index (χ0n) is 10.3. The minimum Gasteiger partial charge on any atom is -0.466 e. The van der Waals surface area contributed by atoms with E-state index < -0.39 is 0 Å². The zero-order valence-corrected chi connectivity index (χ0v) is 10.3. The fraction of sp³-hybridized carbons (Fsp3) is 0.769. The van der Waals surface area contributed by atoms with Gasteiger partial charge in [0.15, 0.2) is 0 Å². The highest BCUT2D eigenvalue weighted by Crippen LogP contribution is 2.06. The Morgan fingerprint density at radius 2 is 2.07 bits per heavy atom. The molecule has 0 radical (unpaired) electrons. The number of hydrogen-bond acceptors (Lipinski definition) is 2. The van der Waals surface area contributed by atoms with Crippen molar-refractivity contribution in [2.24, 2.45) is 5.92 Å². The van der Waals surface area contributed by atoms with Gasteiger partial charge >= 0.3 is 5.97 Å². The van der Waals surface area contributed by atoms with Crippen molar-refractivity contribution in [3.05, 3.63) is 12.2 Å². The molecule has 15 heavy (non-hydrogen) atoms. The molecule has 0 amide bonds. The number of ether oxygens (including phenoxy) is 1. The molecule has 2 nitrogen and oxygen atoms in total. The fourth-order valence-electron chi connectivity index (χ4n) is 1.22. The first-order chi connectivity index (χ1) is 7.16. The van der Waals surface area contributed by atoms with Crippen LogP contribution in [0.15, 0.2) is 12.2 Å². The minimum atomic E-state index is -0.174. The van der Waals surface area contributed by atoms with Gasteiger partial charge in [0.25, 0.3) is 0 Å². The third kappa shape index (κ3) is 11.1. The number of rotatable bonds is 8. The van der Waals surface area contributed by atoms with Crippen molar-refractivity contribution in [1.29, 1.82) is 0 Å². The Morgan fingerprint density at radius 3 is 2.67 bits per heavy atom. The summed E-state index contributed by atoms with van der Waals surface area (Å²) in [6.07, 6.45) is 10.2. The maximum absolute atomic E-state index is 10.5. The predicted molar refractivity (Wildman–Crippen MR) is 63.7 cm³/mol. The molecule has 0 bridgehead atoms. The van der Waals surface area contributed by atoms with E-state index >= 15 is 0 Å². The maximum Gasteiger partial charge on any atom is 0.302 e. The lowest BCUT2D eigenvalue weighted by atomic mass is 10.1. The summed E-state index contributed by atoms with van der Waals surface area (Å²) >= 11 is 0. The highest BCUT2D eigenvalue weighted by molar-refractivity contribution is 5.65. The van der Waals surface area contributed by atoms with Gasteiger partial charge in [-0.3, -0.25) is 4.79 Å². The molecular weight excluding hydrogens is 188 g/mol. The lowest BCUT2D eigenvalue weighted by Crippen LogP contribution is -1.99. The molecule has 0 aliphatic carbocycles. The molecule has 0 spiro atoms. The van der Waals surface area contributed by atoms with Crippen LogP contribution in [-0.2, 0) is 9.53 Å². The van der Waals surface area contributed by atoms with Crippen molar-refractivity contribution >= 4 is 5.97 Å². The molecule has 0 heterocycles. The third-order valence-electron chi connectivity index (χ3n) is 2.43. The molecule has 2 heteroatoms. The van der Waals surface area contributed by atoms with Gasteiger partial charge in [-0.25, -0.2) is 0 Å². The topological polar surface area (TPSA) is 26.3 Å². The van der Waals surface area contributed by atoms with Gasteiger partial charge in [-0.05, 0) is 31.6 Å². The summed E-state index contributed by atoms with van der Waals surface area (Å²) in [5.41, 5.74) is 0. The van der Waals surface area contributed by atoms with E-state index in [0.717, 1.165) is 19.3 Å². The summed E-state index contributed by atoms with van der Waals surface area (Å²) < 4.78 is 4.85. The Bertz CT molecular complexity index is 185. The van der Waals surface area contributed by atoms with E-state index in [4.69, 9.17) is 4.74 Å². The van der Waals surface area contributed by atoms with Crippen LogP contribution in [0.3, 0.4) is 0 Å². The molecule has 0 aliphatic heterocycles. The average Bonchev–Trinajstić information content (AvgIpc) is 2.21. The van der Waals surface area contributed by atoms with E-state index in [1.54, 1.807) is 0 Å². The van der Waals surface area contributed by atoms with Crippen molar-refractivity contribution in [2.75, 3.05) is 6.61 Å². The fourth-order valence-corrected chi connectivity index (χ4v) is 1.22. The molecule has 0 saturated heterocycles. The second-order valence-corrected chi connectivity index (χ2v) is 4.00. The van der Waals surface area contributed by atoms with E-state index in [0.29, 0.717) is 12.5 Å². The molecule has 0 fully saturated rings. The maximum atomic E-state index is 10.5. The number of carbonyl (C=O) groups is 1. The number of unbranched alkanes of at least 4 members (excludes halogenated alkanes) is 3. The number of esters is 1. The first-order valence-corrected chi connectivity index (χ1v) is 5.96. The van der Waals surface area contributed by atoms with Gasteiger partial charge in [-0.2, -0.15) is 0 Å². The largest absolute Gasteiger partial charge is 0.466 e. The van der Waals surface area contributed by atoms with Crippen LogP contribution in [0.2, 0.25) is 0 Å². The summed E-state index contributed by atoms with van der Waals surface area (Å²) in [5.74, 6) is 0.526. The second-order valence-electron chi connectivity index (χ2n) is 4.00. The van der Waals surface area contributed by atoms with Crippen molar-refractivity contribution < 1.29 is 9.53 Å². The Morgan fingerprint density at radius 1 is 1.33 bits per heavy atom. The summed E-state index contributed by atoms with van der Waals surface area (Å²) in [7, 11) is 0. The van der Waals surface area contributed by atoms with Gasteiger partial charge in [0, 0.05) is 6.92 Å². The molecule has 0 aliphatic rings. The summed E-state index contributed by atoms with van der Waals surface area (Å²) in [6.45, 7) is 6.46. The van der Waals surface area contributed by atoms with Gasteiger partial charge in [0.1, 0.15) is 0 Å². The van der Waals surface area contributed by atoms with Crippen LogP contribution in [0.5, 0.6) is 0 Å². The molecular formula is C13H24O2. The quantitative estimate of drug-likeness (QED) is 0.348. The molecule has 0 aromatic heterocycles. The van der Waals surface area contributed by atoms with Crippen LogP contribution in [0, 0.1) is 5.92 Å². The molecule has 0 unspecified atom stereocenters. The predicted octanol–water partition coefficient (Wildman–Crippen LogP) is 3.71. The van der Waals surface area contributed by atoms with Crippen molar-refractivity contribution in [3.8, 4) is 0 Å². The van der Waals surface area contributed by atoms with Crippen LogP contribution in [-0.4, -0.2) is 12.6 Å². The zero-order chi connectivity index (χ0) is 11.5. The standard InChI is InChI=1S/C13H24O2/c1-4-12(2)10-8-6-5-7-9-11-15-13(3)14/h8,10,12H,4-7,9,11H2,1-3H3/b10-8-/t12-/m1/s1. The molecule has 1 atom stereocenters. The van der Waals surface area contributed by atoms with Gasteiger partial charge in [0.2, 0.25) is 0 Å². The Kier molecular flexibility index (Phi) is 9.24.